The molecule has 1 heterocycles. The maximum Gasteiger partial charge on any atom is 0.0596 e. The maximum atomic E-state index is 4.37. The van der Waals surface area contributed by atoms with E-state index in [1.165, 1.54) is 5.69 Å². The second-order valence-electron chi connectivity index (χ2n) is 3.18. The van der Waals surface area contributed by atoms with Crippen LogP contribution in [-0.2, 0) is 6.54 Å². The first-order valence-corrected chi connectivity index (χ1v) is 4.19. The van der Waals surface area contributed by atoms with Crippen LogP contribution in [0.2, 0.25) is 0 Å². The molecule has 0 N–H and O–H groups in total. The monoisotopic (exact) mass is 152 g/mol. The minimum absolute atomic E-state index is 0.580. The number of hydrogen-bond acceptors (Lipinski definition) is 1. The highest BCUT2D eigenvalue weighted by Gasteiger charge is 2.06. The fraction of sp³-hybridized carbons (Fsp3) is 0.667. The van der Waals surface area contributed by atoms with Gasteiger partial charge in [0.2, 0.25) is 0 Å². The SMILES string of the molecule is CCn1nc(C)cc1C(C)C. The highest BCUT2D eigenvalue weighted by Crippen LogP contribution is 2.14. The van der Waals surface area contributed by atoms with E-state index in [0.29, 0.717) is 5.92 Å². The summed E-state index contributed by atoms with van der Waals surface area (Å²) in [5, 5.41) is 4.37. The van der Waals surface area contributed by atoms with Gasteiger partial charge in [-0.05, 0) is 25.8 Å². The molecule has 0 radical (unpaired) electrons. The van der Waals surface area contributed by atoms with Crippen LogP contribution in [-0.4, -0.2) is 9.78 Å². The van der Waals surface area contributed by atoms with Gasteiger partial charge in [-0.2, -0.15) is 5.10 Å². The number of rotatable bonds is 2. The summed E-state index contributed by atoms with van der Waals surface area (Å²) in [5.74, 6) is 0.580. The summed E-state index contributed by atoms with van der Waals surface area (Å²) in [4.78, 5) is 0. The van der Waals surface area contributed by atoms with E-state index in [2.05, 4.69) is 36.6 Å². The van der Waals surface area contributed by atoms with Gasteiger partial charge in [0.15, 0.2) is 0 Å². The molecule has 2 heteroatoms. The lowest BCUT2D eigenvalue weighted by Gasteiger charge is -2.06. The van der Waals surface area contributed by atoms with Crippen molar-refractivity contribution in [1.29, 1.82) is 0 Å². The molecule has 11 heavy (non-hydrogen) atoms. The fourth-order valence-electron chi connectivity index (χ4n) is 1.28. The van der Waals surface area contributed by atoms with Crippen LogP contribution < -0.4 is 0 Å². The van der Waals surface area contributed by atoms with Crippen molar-refractivity contribution in [3.05, 3.63) is 17.5 Å². The highest BCUT2D eigenvalue weighted by molar-refractivity contribution is 5.12. The molecular formula is C9H16N2. The van der Waals surface area contributed by atoms with Gasteiger partial charge >= 0.3 is 0 Å². The second kappa shape index (κ2) is 3.07. The topological polar surface area (TPSA) is 17.8 Å². The normalized spacial score (nSPS) is 11.0. The lowest BCUT2D eigenvalue weighted by molar-refractivity contribution is 0.595. The average molecular weight is 152 g/mol. The molecule has 0 unspecified atom stereocenters. The van der Waals surface area contributed by atoms with Crippen LogP contribution in [0.3, 0.4) is 0 Å². The van der Waals surface area contributed by atoms with Gasteiger partial charge in [0.25, 0.3) is 0 Å². The smallest absolute Gasteiger partial charge is 0.0596 e. The summed E-state index contributed by atoms with van der Waals surface area (Å²) in [6, 6.07) is 2.16. The van der Waals surface area contributed by atoms with E-state index in [1.807, 2.05) is 6.92 Å². The summed E-state index contributed by atoms with van der Waals surface area (Å²) in [7, 11) is 0. The van der Waals surface area contributed by atoms with Crippen molar-refractivity contribution in [2.45, 2.75) is 40.2 Å². The molecule has 2 nitrogen and oxygen atoms in total. The number of aromatic nitrogens is 2. The van der Waals surface area contributed by atoms with Crippen LogP contribution in [0.5, 0.6) is 0 Å². The molecule has 0 aliphatic carbocycles. The molecule has 0 spiro atoms. The Labute approximate surface area is 68.2 Å². The van der Waals surface area contributed by atoms with E-state index >= 15 is 0 Å². The summed E-state index contributed by atoms with van der Waals surface area (Å²) < 4.78 is 2.07. The van der Waals surface area contributed by atoms with Crippen molar-refractivity contribution in [2.24, 2.45) is 0 Å². The first-order chi connectivity index (χ1) is 5.15. The van der Waals surface area contributed by atoms with Crippen LogP contribution in [0, 0.1) is 6.92 Å². The summed E-state index contributed by atoms with van der Waals surface area (Å²) in [6.07, 6.45) is 0. The molecule has 0 bridgehead atoms. The third kappa shape index (κ3) is 1.62. The Balaban J connectivity index is 3.02. The van der Waals surface area contributed by atoms with E-state index in [-0.39, 0.29) is 0 Å². The molecule has 0 aromatic carbocycles. The van der Waals surface area contributed by atoms with Crippen molar-refractivity contribution in [2.75, 3.05) is 0 Å². The molecule has 0 saturated carbocycles. The van der Waals surface area contributed by atoms with E-state index in [9.17, 15) is 0 Å². The summed E-state index contributed by atoms with van der Waals surface area (Å²) in [5.41, 5.74) is 2.46. The van der Waals surface area contributed by atoms with Crippen molar-refractivity contribution in [3.63, 3.8) is 0 Å². The highest BCUT2D eigenvalue weighted by atomic mass is 15.3. The molecule has 1 rings (SSSR count). The van der Waals surface area contributed by atoms with Gasteiger partial charge in [-0.25, -0.2) is 0 Å². The van der Waals surface area contributed by atoms with Gasteiger partial charge < -0.3 is 0 Å². The van der Waals surface area contributed by atoms with Gasteiger partial charge in [0, 0.05) is 12.2 Å². The lowest BCUT2D eigenvalue weighted by atomic mass is 10.1. The fourth-order valence-corrected chi connectivity index (χ4v) is 1.28. The van der Waals surface area contributed by atoms with Crippen LogP contribution in [0.4, 0.5) is 0 Å². The van der Waals surface area contributed by atoms with Crippen LogP contribution in [0.25, 0.3) is 0 Å². The molecule has 0 aliphatic rings. The van der Waals surface area contributed by atoms with Gasteiger partial charge in [-0.15, -0.1) is 0 Å². The van der Waals surface area contributed by atoms with E-state index in [4.69, 9.17) is 0 Å². The Morgan fingerprint density at radius 2 is 2.18 bits per heavy atom. The third-order valence-corrected chi connectivity index (χ3v) is 1.82. The Kier molecular flexibility index (Phi) is 2.32. The van der Waals surface area contributed by atoms with E-state index in [0.717, 1.165) is 12.2 Å². The largest absolute Gasteiger partial charge is 0.269 e. The van der Waals surface area contributed by atoms with E-state index < -0.39 is 0 Å². The van der Waals surface area contributed by atoms with Crippen molar-refractivity contribution in [3.8, 4) is 0 Å². The number of aryl methyl sites for hydroxylation is 2. The van der Waals surface area contributed by atoms with Crippen LogP contribution in [0.1, 0.15) is 38.1 Å². The molecular weight excluding hydrogens is 136 g/mol. The van der Waals surface area contributed by atoms with Crippen molar-refractivity contribution < 1.29 is 0 Å². The van der Waals surface area contributed by atoms with Crippen LogP contribution >= 0.6 is 0 Å². The Morgan fingerprint density at radius 1 is 1.55 bits per heavy atom. The van der Waals surface area contributed by atoms with Gasteiger partial charge in [0.1, 0.15) is 0 Å². The van der Waals surface area contributed by atoms with Crippen LogP contribution in [0.15, 0.2) is 6.07 Å². The Bertz CT molecular complexity index is 236. The third-order valence-electron chi connectivity index (χ3n) is 1.82. The first kappa shape index (κ1) is 8.31. The summed E-state index contributed by atoms with van der Waals surface area (Å²) >= 11 is 0. The molecule has 0 aliphatic heterocycles. The molecule has 1 aromatic rings. The Morgan fingerprint density at radius 3 is 2.55 bits per heavy atom. The molecule has 0 saturated heterocycles. The number of nitrogens with zero attached hydrogens (tertiary/aromatic N) is 2. The van der Waals surface area contributed by atoms with E-state index in [1.54, 1.807) is 0 Å². The Hall–Kier alpha value is -0.790. The number of hydrogen-bond donors (Lipinski definition) is 0. The predicted octanol–water partition coefficient (Wildman–Crippen LogP) is 2.33. The van der Waals surface area contributed by atoms with Gasteiger partial charge in [0.05, 0.1) is 5.69 Å². The minimum Gasteiger partial charge on any atom is -0.269 e. The zero-order valence-corrected chi connectivity index (χ0v) is 7.76. The molecule has 0 amide bonds. The molecule has 62 valence electrons. The lowest BCUT2D eigenvalue weighted by Crippen LogP contribution is -2.03. The predicted molar refractivity (Wildman–Crippen MR) is 46.7 cm³/mol. The minimum atomic E-state index is 0.580. The first-order valence-electron chi connectivity index (χ1n) is 4.19. The van der Waals surface area contributed by atoms with Crippen molar-refractivity contribution >= 4 is 0 Å². The maximum absolute atomic E-state index is 4.37. The standard InChI is InChI=1S/C9H16N2/c1-5-11-9(7(2)3)6-8(4)10-11/h6-7H,5H2,1-4H3. The molecule has 0 atom stereocenters. The summed E-state index contributed by atoms with van der Waals surface area (Å²) in [6.45, 7) is 9.53. The zero-order chi connectivity index (χ0) is 8.43. The second-order valence-corrected chi connectivity index (χ2v) is 3.18. The average Bonchev–Trinajstić information content (AvgIpc) is 2.30. The quantitative estimate of drug-likeness (QED) is 0.636. The van der Waals surface area contributed by atoms with Gasteiger partial charge in [-0.1, -0.05) is 13.8 Å². The molecule has 1 aromatic heterocycles. The zero-order valence-electron chi connectivity index (χ0n) is 7.76. The van der Waals surface area contributed by atoms with Gasteiger partial charge in [-0.3, -0.25) is 4.68 Å². The van der Waals surface area contributed by atoms with Crippen molar-refractivity contribution in [1.82, 2.24) is 9.78 Å². The molecule has 0 fully saturated rings.